The molecule has 0 saturated heterocycles. The maximum absolute atomic E-state index is 16.4. The molecular weight excluding hydrogens is 848 g/mol. The maximum Gasteiger partial charge on any atom is 0.200 e. The molecular formula is C54H29F9N2. The maximum atomic E-state index is 16.4. The highest BCUT2D eigenvalue weighted by Gasteiger charge is 2.36. The zero-order chi connectivity index (χ0) is 45.1. The fourth-order valence-electron chi connectivity index (χ4n) is 8.37. The number of hydrogen-bond acceptors (Lipinski definition) is 1. The molecule has 0 saturated carbocycles. The first-order chi connectivity index (χ1) is 31.5. The third-order valence-corrected chi connectivity index (χ3v) is 11.5. The topological polar surface area (TPSA) is 8.17 Å². The van der Waals surface area contributed by atoms with E-state index in [2.05, 4.69) is 22.8 Å². The first kappa shape index (κ1) is 41.0. The highest BCUT2D eigenvalue weighted by Crippen LogP contribution is 2.46. The second-order valence-electron chi connectivity index (χ2n) is 15.2. The predicted octanol–water partition coefficient (Wildman–Crippen LogP) is 16.2. The third-order valence-electron chi connectivity index (χ3n) is 11.5. The molecule has 9 aromatic carbocycles. The summed E-state index contributed by atoms with van der Waals surface area (Å²) in [5.41, 5.74) is 2.21. The SMILES string of the molecule is Fc1c(F)c(F)c(-c2c(F)c(F)c(N(c3ccc(-c4ccccc4)cc3)c3ccc(-c4ccc5c(c4)c4cc(-c6ccccc6)ccc4n5-c4ccccc4)cc3)c(F)c2F)c(F)c1F. The largest absolute Gasteiger partial charge is 0.309 e. The smallest absolute Gasteiger partial charge is 0.200 e. The van der Waals surface area contributed by atoms with Crippen LogP contribution in [0, 0.1) is 52.4 Å². The lowest BCUT2D eigenvalue weighted by atomic mass is 9.99. The van der Waals surface area contributed by atoms with Crippen LogP contribution in [-0.4, -0.2) is 4.57 Å². The minimum atomic E-state index is -2.64. The van der Waals surface area contributed by atoms with Crippen LogP contribution in [0.1, 0.15) is 0 Å². The van der Waals surface area contributed by atoms with Crippen molar-refractivity contribution in [3.8, 4) is 50.2 Å². The fraction of sp³-hybridized carbons (Fsp3) is 0. The van der Waals surface area contributed by atoms with E-state index in [9.17, 15) is 22.0 Å². The molecule has 65 heavy (non-hydrogen) atoms. The molecule has 1 aromatic heterocycles. The summed E-state index contributed by atoms with van der Waals surface area (Å²) in [7, 11) is 0. The summed E-state index contributed by atoms with van der Waals surface area (Å²) < 4.78 is 139. The van der Waals surface area contributed by atoms with Crippen LogP contribution in [0.2, 0.25) is 0 Å². The summed E-state index contributed by atoms with van der Waals surface area (Å²) in [5, 5.41) is 1.92. The molecule has 1 heterocycles. The molecule has 0 radical (unpaired) electrons. The second kappa shape index (κ2) is 16.3. The van der Waals surface area contributed by atoms with Crippen molar-refractivity contribution >= 4 is 38.9 Å². The molecule has 0 unspecified atom stereocenters. The number of aromatic nitrogens is 1. The first-order valence-electron chi connectivity index (χ1n) is 20.1. The highest BCUT2D eigenvalue weighted by molar-refractivity contribution is 6.11. The first-order valence-corrected chi connectivity index (χ1v) is 20.1. The Hall–Kier alpha value is -8.05. The molecule has 2 nitrogen and oxygen atoms in total. The van der Waals surface area contributed by atoms with E-state index in [-0.39, 0.29) is 11.4 Å². The van der Waals surface area contributed by atoms with Gasteiger partial charge in [-0.15, -0.1) is 0 Å². The molecule has 0 aliphatic heterocycles. The third kappa shape index (κ3) is 6.87. The van der Waals surface area contributed by atoms with Crippen LogP contribution in [0.15, 0.2) is 176 Å². The number of fused-ring (bicyclic) bond motifs is 3. The van der Waals surface area contributed by atoms with Crippen molar-refractivity contribution in [3.63, 3.8) is 0 Å². The van der Waals surface area contributed by atoms with Crippen LogP contribution >= 0.6 is 0 Å². The van der Waals surface area contributed by atoms with E-state index >= 15 is 17.6 Å². The van der Waals surface area contributed by atoms with E-state index < -0.39 is 69.2 Å². The van der Waals surface area contributed by atoms with E-state index in [0.29, 0.717) is 11.1 Å². The van der Waals surface area contributed by atoms with Gasteiger partial charge in [-0.2, -0.15) is 0 Å². The van der Waals surface area contributed by atoms with Crippen LogP contribution in [0.25, 0.3) is 72.0 Å². The molecule has 0 spiro atoms. The van der Waals surface area contributed by atoms with Gasteiger partial charge in [0.2, 0.25) is 5.82 Å². The van der Waals surface area contributed by atoms with Crippen molar-refractivity contribution in [2.75, 3.05) is 4.90 Å². The van der Waals surface area contributed by atoms with Gasteiger partial charge in [0.25, 0.3) is 0 Å². The summed E-state index contributed by atoms with van der Waals surface area (Å²) in [4.78, 5) is 0.861. The number of halogens is 9. The molecule has 0 atom stereocenters. The molecule has 0 fully saturated rings. The lowest BCUT2D eigenvalue weighted by Gasteiger charge is -2.27. The van der Waals surface area contributed by atoms with E-state index in [1.165, 1.54) is 24.3 Å². The van der Waals surface area contributed by atoms with Crippen LogP contribution in [0.4, 0.5) is 56.6 Å². The van der Waals surface area contributed by atoms with Crippen LogP contribution < -0.4 is 4.90 Å². The van der Waals surface area contributed by atoms with Gasteiger partial charge in [-0.05, 0) is 94.0 Å². The molecule has 11 heteroatoms. The number of anilines is 3. The van der Waals surface area contributed by atoms with Gasteiger partial charge >= 0.3 is 0 Å². The van der Waals surface area contributed by atoms with E-state index in [4.69, 9.17) is 0 Å². The number of para-hydroxylation sites is 1. The fourth-order valence-corrected chi connectivity index (χ4v) is 8.37. The van der Waals surface area contributed by atoms with Gasteiger partial charge in [0.15, 0.2) is 46.5 Å². The summed E-state index contributed by atoms with van der Waals surface area (Å²) in [6, 6.07) is 53.6. The molecule has 318 valence electrons. The van der Waals surface area contributed by atoms with Gasteiger partial charge in [-0.3, -0.25) is 0 Å². The Labute approximate surface area is 365 Å². The normalized spacial score (nSPS) is 11.5. The van der Waals surface area contributed by atoms with E-state index in [0.717, 1.165) is 54.6 Å². The highest BCUT2D eigenvalue weighted by atomic mass is 19.2. The number of nitrogens with zero attached hydrogens (tertiary/aromatic N) is 2. The van der Waals surface area contributed by atoms with Crippen molar-refractivity contribution < 1.29 is 39.5 Å². The van der Waals surface area contributed by atoms with Gasteiger partial charge in [-0.25, -0.2) is 39.5 Å². The van der Waals surface area contributed by atoms with Gasteiger partial charge in [0, 0.05) is 27.8 Å². The number of hydrogen-bond donors (Lipinski definition) is 0. The molecule has 0 aliphatic rings. The molecule has 10 rings (SSSR count). The molecule has 0 aliphatic carbocycles. The van der Waals surface area contributed by atoms with Crippen molar-refractivity contribution in [1.29, 1.82) is 0 Å². The van der Waals surface area contributed by atoms with Crippen molar-refractivity contribution in [1.82, 2.24) is 4.57 Å². The van der Waals surface area contributed by atoms with Crippen molar-refractivity contribution in [2.24, 2.45) is 0 Å². The lowest BCUT2D eigenvalue weighted by molar-refractivity contribution is 0.379. The van der Waals surface area contributed by atoms with Crippen LogP contribution in [0.5, 0.6) is 0 Å². The van der Waals surface area contributed by atoms with Gasteiger partial charge in [0.1, 0.15) is 5.69 Å². The number of rotatable bonds is 8. The van der Waals surface area contributed by atoms with Crippen LogP contribution in [-0.2, 0) is 0 Å². The summed E-state index contributed by atoms with van der Waals surface area (Å²) in [6.45, 7) is 0. The molecule has 0 N–H and O–H groups in total. The lowest BCUT2D eigenvalue weighted by Crippen LogP contribution is -2.17. The summed E-state index contributed by atoms with van der Waals surface area (Å²) in [5.74, 6) is -22.2. The number of benzene rings is 9. The Morgan fingerprint density at radius 2 is 0.615 bits per heavy atom. The minimum Gasteiger partial charge on any atom is -0.309 e. The minimum absolute atomic E-state index is 0.00220. The zero-order valence-electron chi connectivity index (χ0n) is 33.5. The van der Waals surface area contributed by atoms with Gasteiger partial charge in [-0.1, -0.05) is 115 Å². The molecule has 0 bridgehead atoms. The van der Waals surface area contributed by atoms with Gasteiger partial charge in [0.05, 0.1) is 22.2 Å². The Kier molecular flexibility index (Phi) is 10.2. The average molecular weight is 877 g/mol. The zero-order valence-corrected chi connectivity index (χ0v) is 33.5. The van der Waals surface area contributed by atoms with Crippen LogP contribution in [0.3, 0.4) is 0 Å². The van der Waals surface area contributed by atoms with Crippen molar-refractivity contribution in [3.05, 3.63) is 228 Å². The quantitative estimate of drug-likeness (QED) is 0.0839. The standard InChI is InChI=1S/C54H29F9N2/c55-45-43(46(56)50(60)51(61)49(45)59)44-47(57)52(62)54(53(63)48(44)58)64(37-22-16-32(17-23-37)30-10-4-1-5-11-30)38-24-18-33(19-25-38)35-21-27-42-40(29-35)39-28-34(31-12-6-2-7-13-31)20-26-41(39)65(42)36-14-8-3-9-15-36/h1-29H. The Balaban J connectivity index is 1.12. The Morgan fingerprint density at radius 1 is 0.292 bits per heavy atom. The summed E-state index contributed by atoms with van der Waals surface area (Å²) >= 11 is 0. The predicted molar refractivity (Wildman–Crippen MR) is 237 cm³/mol. The average Bonchev–Trinajstić information content (AvgIpc) is 3.68. The molecule has 0 amide bonds. The van der Waals surface area contributed by atoms with Gasteiger partial charge < -0.3 is 9.47 Å². The van der Waals surface area contributed by atoms with E-state index in [1.807, 2.05) is 97.1 Å². The summed E-state index contributed by atoms with van der Waals surface area (Å²) in [6.07, 6.45) is 0. The van der Waals surface area contributed by atoms with Crippen molar-refractivity contribution in [2.45, 2.75) is 0 Å². The van der Waals surface area contributed by atoms with E-state index in [1.54, 1.807) is 36.4 Å². The second-order valence-corrected chi connectivity index (χ2v) is 15.2. The Morgan fingerprint density at radius 3 is 1.05 bits per heavy atom. The molecule has 10 aromatic rings. The Bertz CT molecular complexity index is 3390. The monoisotopic (exact) mass is 876 g/mol.